The van der Waals surface area contributed by atoms with E-state index in [0.717, 1.165) is 33.4 Å². The number of aryl methyl sites for hydroxylation is 4. The maximum absolute atomic E-state index is 13.7. The fourth-order valence-electron chi connectivity index (χ4n) is 3.43. The van der Waals surface area contributed by atoms with E-state index in [1.807, 2.05) is 32.9 Å². The summed E-state index contributed by atoms with van der Waals surface area (Å²) in [6.45, 7) is 7.67. The fourth-order valence-corrected chi connectivity index (χ4v) is 4.33. The third-order valence-corrected chi connectivity index (χ3v) is 6.31. The van der Waals surface area contributed by atoms with Gasteiger partial charge in [0.05, 0.1) is 11.5 Å². The zero-order valence-electron chi connectivity index (χ0n) is 17.1. The zero-order valence-corrected chi connectivity index (χ0v) is 17.9. The number of hydrogen-bond donors (Lipinski definition) is 0. The molecular weight excluding hydrogens is 387 g/mol. The van der Waals surface area contributed by atoms with Crippen LogP contribution in [0.5, 0.6) is 0 Å². The minimum atomic E-state index is -3.81. The second-order valence-corrected chi connectivity index (χ2v) is 9.03. The molecule has 0 radical (unpaired) electrons. The highest BCUT2D eigenvalue weighted by Gasteiger charge is 2.16. The summed E-state index contributed by atoms with van der Waals surface area (Å²) in [6.07, 6.45) is 0.433. The molecule has 0 N–H and O–H groups in total. The van der Waals surface area contributed by atoms with Gasteiger partial charge in [-0.1, -0.05) is 41.5 Å². The van der Waals surface area contributed by atoms with E-state index in [-0.39, 0.29) is 17.3 Å². The largest absolute Gasteiger partial charge is 0.296 e. The van der Waals surface area contributed by atoms with Gasteiger partial charge in [0.2, 0.25) is 0 Å². The van der Waals surface area contributed by atoms with Crippen LogP contribution in [-0.4, -0.2) is 15.0 Å². The van der Waals surface area contributed by atoms with E-state index >= 15 is 0 Å². The molecule has 29 heavy (non-hydrogen) atoms. The zero-order chi connectivity index (χ0) is 21.2. The van der Waals surface area contributed by atoms with Gasteiger partial charge in [0.25, 0.3) is 10.1 Å². The molecule has 0 aliphatic heterocycles. The van der Waals surface area contributed by atoms with Crippen molar-refractivity contribution >= 4 is 10.1 Å². The predicted molar refractivity (Wildman–Crippen MR) is 114 cm³/mol. The van der Waals surface area contributed by atoms with Crippen molar-refractivity contribution < 1.29 is 17.0 Å². The van der Waals surface area contributed by atoms with Crippen molar-refractivity contribution in [3.8, 4) is 11.1 Å². The third kappa shape index (κ3) is 4.92. The van der Waals surface area contributed by atoms with Gasteiger partial charge < -0.3 is 0 Å². The first kappa shape index (κ1) is 21.2. The Labute approximate surface area is 172 Å². The molecule has 0 saturated carbocycles. The molecule has 3 rings (SSSR count). The van der Waals surface area contributed by atoms with Gasteiger partial charge in [-0.05, 0) is 86.2 Å². The molecule has 0 heterocycles. The highest BCUT2D eigenvalue weighted by atomic mass is 32.2. The summed E-state index contributed by atoms with van der Waals surface area (Å²) in [5.41, 5.74) is 6.59. The monoisotopic (exact) mass is 412 g/mol. The van der Waals surface area contributed by atoms with Crippen molar-refractivity contribution in [2.45, 2.75) is 39.0 Å². The van der Waals surface area contributed by atoms with Crippen LogP contribution in [0.25, 0.3) is 11.1 Å². The minimum absolute atomic E-state index is 0.0350. The van der Waals surface area contributed by atoms with Crippen molar-refractivity contribution in [3.63, 3.8) is 0 Å². The lowest BCUT2D eigenvalue weighted by Gasteiger charge is -2.15. The Morgan fingerprint density at radius 1 is 0.828 bits per heavy atom. The summed E-state index contributed by atoms with van der Waals surface area (Å²) in [5.74, 6) is -0.243. The number of halogens is 1. The average Bonchev–Trinajstić information content (AvgIpc) is 2.65. The van der Waals surface area contributed by atoms with Gasteiger partial charge in [-0.15, -0.1) is 0 Å². The maximum atomic E-state index is 13.7. The van der Waals surface area contributed by atoms with Gasteiger partial charge in [0.15, 0.2) is 0 Å². The molecule has 0 saturated heterocycles. The molecule has 0 bridgehead atoms. The van der Waals surface area contributed by atoms with Gasteiger partial charge in [-0.2, -0.15) is 8.42 Å². The summed E-state index contributed by atoms with van der Waals surface area (Å²) in [5, 5.41) is 0. The van der Waals surface area contributed by atoms with E-state index in [4.69, 9.17) is 4.18 Å². The van der Waals surface area contributed by atoms with E-state index in [1.54, 1.807) is 37.3 Å². The Morgan fingerprint density at radius 2 is 1.52 bits per heavy atom. The highest BCUT2D eigenvalue weighted by Crippen LogP contribution is 2.30. The SMILES string of the molecule is Cc1ccc(S(=O)(=O)OCCc2c(C)cc(C)cc2-c2ccc(F)c(C)c2)cc1. The normalized spacial score (nSPS) is 11.6. The molecule has 0 unspecified atom stereocenters. The van der Waals surface area contributed by atoms with Gasteiger partial charge in [-0.3, -0.25) is 4.18 Å². The highest BCUT2D eigenvalue weighted by molar-refractivity contribution is 7.86. The minimum Gasteiger partial charge on any atom is -0.266 e. The van der Waals surface area contributed by atoms with Crippen LogP contribution in [0.15, 0.2) is 59.5 Å². The van der Waals surface area contributed by atoms with Gasteiger partial charge in [0.1, 0.15) is 5.82 Å². The van der Waals surface area contributed by atoms with Crippen LogP contribution in [-0.2, 0) is 20.7 Å². The molecule has 152 valence electrons. The number of rotatable bonds is 6. The molecule has 0 amide bonds. The lowest BCUT2D eigenvalue weighted by atomic mass is 9.91. The van der Waals surface area contributed by atoms with E-state index in [2.05, 4.69) is 6.07 Å². The lowest BCUT2D eigenvalue weighted by molar-refractivity contribution is 0.322. The first-order chi connectivity index (χ1) is 13.7. The second-order valence-electron chi connectivity index (χ2n) is 7.41. The fraction of sp³-hybridized carbons (Fsp3) is 0.250. The predicted octanol–water partition coefficient (Wildman–Crippen LogP) is 5.67. The Bertz CT molecular complexity index is 1130. The van der Waals surface area contributed by atoms with Crippen molar-refractivity contribution in [1.82, 2.24) is 0 Å². The molecule has 0 aliphatic carbocycles. The van der Waals surface area contributed by atoms with E-state index in [9.17, 15) is 12.8 Å². The molecule has 0 atom stereocenters. The second kappa shape index (κ2) is 8.47. The standard InChI is InChI=1S/C24H25FO3S/c1-16-5-8-21(9-6-16)29(26,27)28-12-11-22-18(3)13-17(2)14-23(22)20-7-10-24(25)19(4)15-20/h5-10,13-15H,11-12H2,1-4H3. The molecule has 0 aliphatic rings. The van der Waals surface area contributed by atoms with Crippen LogP contribution in [0, 0.1) is 33.5 Å². The van der Waals surface area contributed by atoms with Crippen LogP contribution in [0.1, 0.15) is 27.8 Å². The molecule has 3 aromatic rings. The van der Waals surface area contributed by atoms with Crippen molar-refractivity contribution in [2.75, 3.05) is 6.61 Å². The molecule has 0 spiro atoms. The van der Waals surface area contributed by atoms with Gasteiger partial charge >= 0.3 is 0 Å². The van der Waals surface area contributed by atoms with Gasteiger partial charge in [-0.25, -0.2) is 4.39 Å². The quantitative estimate of drug-likeness (QED) is 0.490. The maximum Gasteiger partial charge on any atom is 0.296 e. The van der Waals surface area contributed by atoms with Crippen LogP contribution in [0.3, 0.4) is 0 Å². The summed E-state index contributed by atoms with van der Waals surface area (Å²) < 4.78 is 43.9. The molecular formula is C24H25FO3S. The van der Waals surface area contributed by atoms with Crippen LogP contribution >= 0.6 is 0 Å². The molecule has 3 nitrogen and oxygen atoms in total. The third-order valence-electron chi connectivity index (χ3n) is 4.99. The molecule has 5 heteroatoms. The Hall–Kier alpha value is -2.50. The average molecular weight is 413 g/mol. The lowest BCUT2D eigenvalue weighted by Crippen LogP contribution is -2.10. The number of benzene rings is 3. The van der Waals surface area contributed by atoms with Crippen molar-refractivity contribution in [3.05, 3.63) is 88.2 Å². The van der Waals surface area contributed by atoms with Crippen molar-refractivity contribution in [2.24, 2.45) is 0 Å². The van der Waals surface area contributed by atoms with Gasteiger partial charge in [0, 0.05) is 0 Å². The first-order valence-electron chi connectivity index (χ1n) is 9.50. The molecule has 0 aromatic heterocycles. The van der Waals surface area contributed by atoms with Crippen LogP contribution in [0.4, 0.5) is 4.39 Å². The molecule has 0 fully saturated rings. The Balaban J connectivity index is 1.85. The summed E-state index contributed by atoms with van der Waals surface area (Å²) in [6, 6.07) is 15.7. The van der Waals surface area contributed by atoms with Crippen molar-refractivity contribution in [1.29, 1.82) is 0 Å². The Morgan fingerprint density at radius 3 is 2.17 bits per heavy atom. The first-order valence-corrected chi connectivity index (χ1v) is 10.9. The van der Waals surface area contributed by atoms with Crippen LogP contribution < -0.4 is 0 Å². The number of hydrogen-bond acceptors (Lipinski definition) is 3. The summed E-state index contributed by atoms with van der Waals surface area (Å²) >= 11 is 0. The molecule has 3 aromatic carbocycles. The Kier molecular flexibility index (Phi) is 6.20. The summed E-state index contributed by atoms with van der Waals surface area (Å²) in [4.78, 5) is 0.151. The van der Waals surface area contributed by atoms with Crippen LogP contribution in [0.2, 0.25) is 0 Å². The summed E-state index contributed by atoms with van der Waals surface area (Å²) in [7, 11) is -3.81. The van der Waals surface area contributed by atoms with E-state index < -0.39 is 10.1 Å². The topological polar surface area (TPSA) is 43.4 Å². The van der Waals surface area contributed by atoms with E-state index in [0.29, 0.717) is 12.0 Å². The smallest absolute Gasteiger partial charge is 0.266 e. The van der Waals surface area contributed by atoms with E-state index in [1.165, 1.54) is 6.07 Å².